The van der Waals surface area contributed by atoms with E-state index in [1.807, 2.05) is 0 Å². The molecule has 0 fully saturated rings. The first-order valence-corrected chi connectivity index (χ1v) is 12.3. The van der Waals surface area contributed by atoms with Gasteiger partial charge in [0.2, 0.25) is 11.8 Å². The van der Waals surface area contributed by atoms with Gasteiger partial charge in [0.15, 0.2) is 0 Å². The molecule has 0 aliphatic heterocycles. The number of carbonyl (C=O) groups excluding carboxylic acids is 2. The van der Waals surface area contributed by atoms with E-state index in [9.17, 15) is 9.59 Å². The zero-order valence-electron chi connectivity index (χ0n) is 23.0. The van der Waals surface area contributed by atoms with Gasteiger partial charge in [-0.05, 0) is 83.0 Å². The Morgan fingerprint density at radius 2 is 0.853 bits per heavy atom. The molecule has 0 unspecified atom stereocenters. The fraction of sp³-hybridized carbons (Fsp3) is 0.533. The Hall–Kier alpha value is -2.62. The molecule has 0 spiro atoms. The molecule has 0 aliphatic carbocycles. The molecule has 186 valence electrons. The van der Waals surface area contributed by atoms with Crippen LogP contribution in [-0.4, -0.2) is 24.9 Å². The second-order valence-electron chi connectivity index (χ2n) is 11.7. The van der Waals surface area contributed by atoms with Crippen LogP contribution < -0.4 is 10.6 Å². The molecular formula is C30H44N2O2. The first-order valence-electron chi connectivity index (χ1n) is 12.3. The molecular weight excluding hydrogens is 420 g/mol. The first-order chi connectivity index (χ1) is 15.6. The van der Waals surface area contributed by atoms with Crippen LogP contribution in [0.15, 0.2) is 24.3 Å². The van der Waals surface area contributed by atoms with Crippen molar-refractivity contribution in [1.82, 2.24) is 10.6 Å². The average molecular weight is 465 g/mol. The number of carbonyl (C=O) groups is 2. The molecule has 0 radical (unpaired) electrons. The summed E-state index contributed by atoms with van der Waals surface area (Å²) >= 11 is 0. The normalized spacial score (nSPS) is 11.9. The van der Waals surface area contributed by atoms with E-state index < -0.39 is 0 Å². The van der Waals surface area contributed by atoms with Crippen molar-refractivity contribution in [2.24, 2.45) is 0 Å². The van der Waals surface area contributed by atoms with Crippen molar-refractivity contribution >= 4 is 11.8 Å². The Kier molecular flexibility index (Phi) is 8.74. The molecule has 0 saturated carbocycles. The molecule has 2 aromatic rings. The highest BCUT2D eigenvalue weighted by molar-refractivity contribution is 5.80. The third-order valence-corrected chi connectivity index (χ3v) is 6.57. The summed E-state index contributed by atoms with van der Waals surface area (Å²) in [7, 11) is 0. The summed E-state index contributed by atoms with van der Waals surface area (Å²) in [6.45, 7) is 22.3. The summed E-state index contributed by atoms with van der Waals surface area (Å²) < 4.78 is 0. The lowest BCUT2D eigenvalue weighted by Crippen LogP contribution is -2.36. The number of benzene rings is 2. The van der Waals surface area contributed by atoms with E-state index in [4.69, 9.17) is 0 Å². The molecule has 0 bridgehead atoms. The quantitative estimate of drug-likeness (QED) is 0.529. The molecule has 0 saturated heterocycles. The monoisotopic (exact) mass is 464 g/mol. The molecule has 4 heteroatoms. The van der Waals surface area contributed by atoms with Crippen molar-refractivity contribution in [3.05, 3.63) is 68.8 Å². The van der Waals surface area contributed by atoms with Gasteiger partial charge in [0.1, 0.15) is 0 Å². The fourth-order valence-electron chi connectivity index (χ4n) is 4.26. The van der Waals surface area contributed by atoms with E-state index in [0.717, 1.165) is 33.4 Å². The largest absolute Gasteiger partial charge is 0.354 e. The number of hydrogen-bond acceptors (Lipinski definition) is 2. The highest BCUT2D eigenvalue weighted by Crippen LogP contribution is 2.28. The van der Waals surface area contributed by atoms with Gasteiger partial charge in [-0.25, -0.2) is 0 Å². The Morgan fingerprint density at radius 1 is 0.588 bits per heavy atom. The van der Waals surface area contributed by atoms with Crippen molar-refractivity contribution in [2.45, 2.75) is 92.9 Å². The molecule has 4 nitrogen and oxygen atoms in total. The molecule has 0 atom stereocenters. The summed E-state index contributed by atoms with van der Waals surface area (Å²) in [5.41, 5.74) is 9.50. The summed E-state index contributed by atoms with van der Waals surface area (Å²) in [4.78, 5) is 25.0. The Labute approximate surface area is 206 Å². The Bertz CT molecular complexity index is 921. The van der Waals surface area contributed by atoms with Gasteiger partial charge >= 0.3 is 0 Å². The Morgan fingerprint density at radius 3 is 1.09 bits per heavy atom. The molecule has 2 aromatic carbocycles. The van der Waals surface area contributed by atoms with Gasteiger partial charge in [0.05, 0.1) is 12.8 Å². The minimum absolute atomic E-state index is 0.0200. The van der Waals surface area contributed by atoms with Gasteiger partial charge in [0, 0.05) is 13.1 Å². The minimum atomic E-state index is -0.0200. The maximum atomic E-state index is 12.5. The van der Waals surface area contributed by atoms with Gasteiger partial charge in [0.25, 0.3) is 0 Å². The van der Waals surface area contributed by atoms with Crippen molar-refractivity contribution in [3.8, 4) is 0 Å². The zero-order valence-corrected chi connectivity index (χ0v) is 23.0. The highest BCUT2D eigenvalue weighted by Gasteiger charge is 2.19. The third kappa shape index (κ3) is 7.44. The maximum Gasteiger partial charge on any atom is 0.224 e. The topological polar surface area (TPSA) is 58.2 Å². The summed E-state index contributed by atoms with van der Waals surface area (Å²) in [6, 6.07) is 8.75. The highest BCUT2D eigenvalue weighted by atomic mass is 16.2. The molecule has 2 N–H and O–H groups in total. The van der Waals surface area contributed by atoms with Crippen LogP contribution in [0.3, 0.4) is 0 Å². The minimum Gasteiger partial charge on any atom is -0.354 e. The number of nitrogens with one attached hydrogen (secondary N) is 2. The fourth-order valence-corrected chi connectivity index (χ4v) is 4.26. The molecule has 0 heterocycles. The predicted octanol–water partition coefficient (Wildman–Crippen LogP) is 5.53. The van der Waals surface area contributed by atoms with Crippen LogP contribution in [-0.2, 0) is 33.3 Å². The van der Waals surface area contributed by atoms with E-state index in [2.05, 4.69) is 104 Å². The lowest BCUT2D eigenvalue weighted by Gasteiger charge is -2.22. The number of amides is 2. The standard InChI is InChI=1S/C30H44N2O2/c1-19-13-23(29(5,6)7)14-20(2)25(19)17-27(33)31-11-12-32-28(34)18-26-21(3)15-24(16-22(26)4)30(8,9)10/h13-16H,11-12,17-18H2,1-10H3,(H,31,33)(H,32,34). The van der Waals surface area contributed by atoms with Gasteiger partial charge in [-0.2, -0.15) is 0 Å². The van der Waals surface area contributed by atoms with Gasteiger partial charge in [-0.15, -0.1) is 0 Å². The lowest BCUT2D eigenvalue weighted by molar-refractivity contribution is -0.122. The number of hydrogen-bond donors (Lipinski definition) is 2. The van der Waals surface area contributed by atoms with Crippen molar-refractivity contribution in [2.75, 3.05) is 13.1 Å². The van der Waals surface area contributed by atoms with Crippen LogP contribution in [0.5, 0.6) is 0 Å². The van der Waals surface area contributed by atoms with Crippen LogP contribution in [0, 0.1) is 27.7 Å². The third-order valence-electron chi connectivity index (χ3n) is 6.57. The summed E-state index contributed by atoms with van der Waals surface area (Å²) in [5.74, 6) is -0.0400. The molecule has 2 rings (SSSR count). The number of rotatable bonds is 7. The van der Waals surface area contributed by atoms with E-state index in [1.54, 1.807) is 0 Å². The molecule has 0 aliphatic rings. The van der Waals surface area contributed by atoms with Gasteiger partial charge < -0.3 is 10.6 Å². The predicted molar refractivity (Wildman–Crippen MR) is 143 cm³/mol. The van der Waals surface area contributed by atoms with E-state index >= 15 is 0 Å². The maximum absolute atomic E-state index is 12.5. The molecule has 2 amide bonds. The van der Waals surface area contributed by atoms with E-state index in [-0.39, 0.29) is 22.6 Å². The Balaban J connectivity index is 1.86. The van der Waals surface area contributed by atoms with Crippen LogP contribution >= 0.6 is 0 Å². The first kappa shape index (κ1) is 27.6. The zero-order chi connectivity index (χ0) is 25.8. The SMILES string of the molecule is Cc1cc(C(C)(C)C)cc(C)c1CC(=O)NCCNC(=O)Cc1c(C)cc(C(C)(C)C)cc1C. The number of aryl methyl sites for hydroxylation is 4. The average Bonchev–Trinajstić information content (AvgIpc) is 2.69. The lowest BCUT2D eigenvalue weighted by atomic mass is 9.83. The van der Waals surface area contributed by atoms with Gasteiger partial charge in [-0.1, -0.05) is 65.8 Å². The smallest absolute Gasteiger partial charge is 0.224 e. The van der Waals surface area contributed by atoms with E-state index in [1.165, 1.54) is 11.1 Å². The summed E-state index contributed by atoms with van der Waals surface area (Å²) in [6.07, 6.45) is 0.711. The van der Waals surface area contributed by atoms with Crippen LogP contribution in [0.4, 0.5) is 0 Å². The molecule has 34 heavy (non-hydrogen) atoms. The summed E-state index contributed by atoms with van der Waals surface area (Å²) in [5, 5.41) is 5.89. The van der Waals surface area contributed by atoms with E-state index in [0.29, 0.717) is 25.9 Å². The molecule has 0 aromatic heterocycles. The second-order valence-corrected chi connectivity index (χ2v) is 11.7. The van der Waals surface area contributed by atoms with Crippen molar-refractivity contribution in [1.29, 1.82) is 0 Å². The van der Waals surface area contributed by atoms with Crippen LogP contribution in [0.25, 0.3) is 0 Å². The van der Waals surface area contributed by atoms with Gasteiger partial charge in [-0.3, -0.25) is 9.59 Å². The van der Waals surface area contributed by atoms with Crippen LogP contribution in [0.1, 0.15) is 86.1 Å². The second kappa shape index (κ2) is 10.8. The van der Waals surface area contributed by atoms with Crippen molar-refractivity contribution in [3.63, 3.8) is 0 Å². The van der Waals surface area contributed by atoms with Crippen molar-refractivity contribution < 1.29 is 9.59 Å². The van der Waals surface area contributed by atoms with Crippen LogP contribution in [0.2, 0.25) is 0 Å².